The average molecular weight is 288 g/mol. The quantitative estimate of drug-likeness (QED) is 0.798. The molecule has 0 saturated carbocycles. The fourth-order valence-corrected chi connectivity index (χ4v) is 2.60. The first-order valence-electron chi connectivity index (χ1n) is 7.29. The van der Waals surface area contributed by atoms with Crippen LogP contribution in [0.15, 0.2) is 28.7 Å². The molecule has 0 bridgehead atoms. The van der Waals surface area contributed by atoms with Crippen molar-refractivity contribution in [3.8, 4) is 0 Å². The molecule has 1 aliphatic rings. The van der Waals surface area contributed by atoms with E-state index in [1.54, 1.807) is 4.90 Å². The van der Waals surface area contributed by atoms with Crippen LogP contribution in [0.4, 0.5) is 4.79 Å². The van der Waals surface area contributed by atoms with Gasteiger partial charge in [0.1, 0.15) is 17.2 Å². The molecule has 21 heavy (non-hydrogen) atoms. The molecule has 1 aliphatic heterocycles. The summed E-state index contributed by atoms with van der Waals surface area (Å²) in [6.07, 6.45) is 1.49. The number of hydrogen-bond donors (Lipinski definition) is 0. The van der Waals surface area contributed by atoms with E-state index in [9.17, 15) is 4.79 Å². The summed E-state index contributed by atoms with van der Waals surface area (Å²) < 4.78 is 11.3. The van der Waals surface area contributed by atoms with Gasteiger partial charge in [0.2, 0.25) is 5.89 Å². The number of oxazole rings is 1. The van der Waals surface area contributed by atoms with Gasteiger partial charge in [-0.3, -0.25) is 4.90 Å². The highest BCUT2D eigenvalue weighted by Gasteiger charge is 2.36. The summed E-state index contributed by atoms with van der Waals surface area (Å²) in [5.74, 6) is 0.597. The molecule has 1 atom stereocenters. The number of rotatable bonds is 1. The molecule has 112 valence electrons. The van der Waals surface area contributed by atoms with Gasteiger partial charge in [0.25, 0.3) is 0 Å². The summed E-state index contributed by atoms with van der Waals surface area (Å²) in [6.45, 7) is 6.29. The van der Waals surface area contributed by atoms with Gasteiger partial charge in [-0.2, -0.15) is 0 Å². The Morgan fingerprint density at radius 3 is 2.86 bits per heavy atom. The Morgan fingerprint density at radius 2 is 2.14 bits per heavy atom. The largest absolute Gasteiger partial charge is 0.444 e. The van der Waals surface area contributed by atoms with Gasteiger partial charge in [-0.1, -0.05) is 12.1 Å². The van der Waals surface area contributed by atoms with Crippen LogP contribution in [0.25, 0.3) is 11.1 Å². The smallest absolute Gasteiger partial charge is 0.410 e. The number of para-hydroxylation sites is 2. The lowest BCUT2D eigenvalue weighted by Crippen LogP contribution is -2.36. The van der Waals surface area contributed by atoms with Crippen molar-refractivity contribution >= 4 is 17.2 Å². The third-order valence-corrected chi connectivity index (χ3v) is 3.48. The van der Waals surface area contributed by atoms with Crippen molar-refractivity contribution in [1.82, 2.24) is 9.88 Å². The van der Waals surface area contributed by atoms with Crippen LogP contribution >= 0.6 is 0 Å². The molecule has 0 aliphatic carbocycles. The minimum absolute atomic E-state index is 0.132. The van der Waals surface area contributed by atoms with E-state index in [4.69, 9.17) is 9.15 Å². The number of hydrogen-bond acceptors (Lipinski definition) is 4. The van der Waals surface area contributed by atoms with Gasteiger partial charge in [0.05, 0.1) is 0 Å². The van der Waals surface area contributed by atoms with E-state index in [0.717, 1.165) is 23.9 Å². The number of fused-ring (bicyclic) bond motifs is 1. The molecule has 1 unspecified atom stereocenters. The number of aromatic nitrogens is 1. The molecular weight excluding hydrogens is 268 g/mol. The average Bonchev–Trinajstić information content (AvgIpc) is 3.02. The molecule has 0 spiro atoms. The summed E-state index contributed by atoms with van der Waals surface area (Å²) in [5.41, 5.74) is 1.08. The first-order chi connectivity index (χ1) is 9.94. The fourth-order valence-electron chi connectivity index (χ4n) is 2.60. The molecule has 5 heteroatoms. The van der Waals surface area contributed by atoms with Gasteiger partial charge < -0.3 is 9.15 Å². The van der Waals surface area contributed by atoms with Crippen molar-refractivity contribution in [1.29, 1.82) is 0 Å². The van der Waals surface area contributed by atoms with Crippen LogP contribution in [0.5, 0.6) is 0 Å². The Kier molecular flexibility index (Phi) is 3.35. The summed E-state index contributed by atoms with van der Waals surface area (Å²) in [5, 5.41) is 0. The molecule has 2 heterocycles. The SMILES string of the molecule is CC(C)(C)OC(=O)N1CCCC1c1nc2ccccc2o1. The Hall–Kier alpha value is -2.04. The third-order valence-electron chi connectivity index (χ3n) is 3.48. The standard InChI is InChI=1S/C16H20N2O3/c1-16(2,3)21-15(19)18-10-6-8-12(18)14-17-11-7-4-5-9-13(11)20-14/h4-5,7,9,12H,6,8,10H2,1-3H3. The molecule has 2 aromatic rings. The highest BCUT2D eigenvalue weighted by molar-refractivity contribution is 5.73. The number of likely N-dealkylation sites (tertiary alicyclic amines) is 1. The van der Waals surface area contributed by atoms with Crippen LogP contribution in [0.2, 0.25) is 0 Å². The molecule has 5 nitrogen and oxygen atoms in total. The second kappa shape index (κ2) is 5.06. The number of ether oxygens (including phenoxy) is 1. The molecule has 1 aromatic heterocycles. The fraction of sp³-hybridized carbons (Fsp3) is 0.500. The summed E-state index contributed by atoms with van der Waals surface area (Å²) in [4.78, 5) is 18.5. The summed E-state index contributed by atoms with van der Waals surface area (Å²) in [7, 11) is 0. The number of carbonyl (C=O) groups is 1. The molecule has 0 radical (unpaired) electrons. The van der Waals surface area contributed by atoms with E-state index in [0.29, 0.717) is 12.4 Å². The van der Waals surface area contributed by atoms with Crippen molar-refractivity contribution in [2.24, 2.45) is 0 Å². The van der Waals surface area contributed by atoms with Gasteiger partial charge in [0, 0.05) is 6.54 Å². The van der Waals surface area contributed by atoms with Crippen LogP contribution in [-0.4, -0.2) is 28.1 Å². The molecule has 1 fully saturated rings. The highest BCUT2D eigenvalue weighted by Crippen LogP contribution is 2.34. The van der Waals surface area contributed by atoms with Crippen molar-refractivity contribution in [3.63, 3.8) is 0 Å². The number of carbonyl (C=O) groups excluding carboxylic acids is 1. The maximum absolute atomic E-state index is 12.3. The van der Waals surface area contributed by atoms with Crippen LogP contribution in [-0.2, 0) is 4.74 Å². The lowest BCUT2D eigenvalue weighted by molar-refractivity contribution is 0.0205. The van der Waals surface area contributed by atoms with E-state index in [2.05, 4.69) is 4.98 Å². The lowest BCUT2D eigenvalue weighted by Gasteiger charge is -2.27. The lowest BCUT2D eigenvalue weighted by atomic mass is 10.2. The Labute approximate surface area is 123 Å². The number of nitrogens with zero attached hydrogens (tertiary/aromatic N) is 2. The van der Waals surface area contributed by atoms with Crippen LogP contribution < -0.4 is 0 Å². The third kappa shape index (κ3) is 2.86. The highest BCUT2D eigenvalue weighted by atomic mass is 16.6. The van der Waals surface area contributed by atoms with Gasteiger partial charge in [-0.05, 0) is 45.7 Å². The second-order valence-corrected chi connectivity index (χ2v) is 6.35. The zero-order chi connectivity index (χ0) is 15.0. The Balaban J connectivity index is 1.85. The normalized spacial score (nSPS) is 19.2. The van der Waals surface area contributed by atoms with Crippen molar-refractivity contribution in [2.75, 3.05) is 6.54 Å². The van der Waals surface area contributed by atoms with Crippen molar-refractivity contribution in [2.45, 2.75) is 45.3 Å². The number of benzene rings is 1. The summed E-state index contributed by atoms with van der Waals surface area (Å²) in [6, 6.07) is 7.51. The van der Waals surface area contributed by atoms with Gasteiger partial charge >= 0.3 is 6.09 Å². The molecular formula is C16H20N2O3. The van der Waals surface area contributed by atoms with Crippen molar-refractivity contribution in [3.05, 3.63) is 30.2 Å². The first-order valence-corrected chi connectivity index (χ1v) is 7.29. The minimum Gasteiger partial charge on any atom is -0.444 e. The zero-order valence-electron chi connectivity index (χ0n) is 12.6. The molecule has 3 rings (SSSR count). The van der Waals surface area contributed by atoms with E-state index in [1.165, 1.54) is 0 Å². The van der Waals surface area contributed by atoms with Crippen LogP contribution in [0.1, 0.15) is 45.5 Å². The van der Waals surface area contributed by atoms with E-state index >= 15 is 0 Å². The Morgan fingerprint density at radius 1 is 1.38 bits per heavy atom. The van der Waals surface area contributed by atoms with Crippen LogP contribution in [0.3, 0.4) is 0 Å². The maximum atomic E-state index is 12.3. The van der Waals surface area contributed by atoms with E-state index in [-0.39, 0.29) is 12.1 Å². The Bertz CT molecular complexity index is 624. The molecule has 0 N–H and O–H groups in total. The zero-order valence-corrected chi connectivity index (χ0v) is 12.6. The van der Waals surface area contributed by atoms with Gasteiger partial charge in [0.15, 0.2) is 5.58 Å². The second-order valence-electron chi connectivity index (χ2n) is 6.35. The maximum Gasteiger partial charge on any atom is 0.410 e. The van der Waals surface area contributed by atoms with Crippen LogP contribution in [0, 0.1) is 0 Å². The van der Waals surface area contributed by atoms with Crippen molar-refractivity contribution < 1.29 is 13.9 Å². The molecule has 1 amide bonds. The molecule has 1 aromatic carbocycles. The number of amides is 1. The topological polar surface area (TPSA) is 55.6 Å². The summed E-state index contributed by atoms with van der Waals surface area (Å²) >= 11 is 0. The monoisotopic (exact) mass is 288 g/mol. The first kappa shape index (κ1) is 13.9. The predicted molar refractivity (Wildman–Crippen MR) is 78.9 cm³/mol. The van der Waals surface area contributed by atoms with Gasteiger partial charge in [-0.25, -0.2) is 9.78 Å². The predicted octanol–water partition coefficient (Wildman–Crippen LogP) is 3.90. The van der Waals surface area contributed by atoms with E-state index < -0.39 is 5.60 Å². The van der Waals surface area contributed by atoms with Gasteiger partial charge in [-0.15, -0.1) is 0 Å². The molecule has 1 saturated heterocycles. The minimum atomic E-state index is -0.495. The van der Waals surface area contributed by atoms with E-state index in [1.807, 2.05) is 45.0 Å².